The molecule has 2 aromatic heterocycles. The first-order valence-corrected chi connectivity index (χ1v) is 11.3. The van der Waals surface area contributed by atoms with Gasteiger partial charge in [0.15, 0.2) is 11.5 Å². The Balaban J connectivity index is 1.58. The lowest BCUT2D eigenvalue weighted by Crippen LogP contribution is -2.48. The molecule has 0 spiro atoms. The second-order valence-electron chi connectivity index (χ2n) is 8.74. The molecule has 1 atom stereocenters. The Morgan fingerprint density at radius 2 is 2.00 bits per heavy atom. The van der Waals surface area contributed by atoms with E-state index in [4.69, 9.17) is 9.47 Å². The topological polar surface area (TPSA) is 134 Å². The minimum atomic E-state index is -1.65. The summed E-state index contributed by atoms with van der Waals surface area (Å²) in [4.78, 5) is 42.5. The molecule has 0 radical (unpaired) electrons. The fourth-order valence-electron chi connectivity index (χ4n) is 5.03. The van der Waals surface area contributed by atoms with Crippen LogP contribution in [0.15, 0.2) is 59.4 Å². The van der Waals surface area contributed by atoms with Gasteiger partial charge in [-0.2, -0.15) is 0 Å². The highest BCUT2D eigenvalue weighted by Gasteiger charge is 2.49. The fourth-order valence-corrected chi connectivity index (χ4v) is 5.03. The molecule has 0 unspecified atom stereocenters. The predicted molar refractivity (Wildman–Crippen MR) is 128 cm³/mol. The summed E-state index contributed by atoms with van der Waals surface area (Å²) in [5.74, 6) is -0.727. The van der Waals surface area contributed by atoms with Gasteiger partial charge in [0.2, 0.25) is 5.60 Å². The lowest BCUT2D eigenvalue weighted by molar-refractivity contribution is -0.383. The summed E-state index contributed by atoms with van der Waals surface area (Å²) in [6.07, 6.45) is 0.139. The van der Waals surface area contributed by atoms with Crippen molar-refractivity contribution in [3.63, 3.8) is 0 Å². The number of benzene rings is 2. The lowest BCUT2D eigenvalue weighted by atomic mass is 9.85. The maximum Gasteiger partial charge on any atom is 0.355 e. The Labute approximate surface area is 203 Å². The average molecular weight is 485 g/mol. The van der Waals surface area contributed by atoms with Crippen molar-refractivity contribution < 1.29 is 24.3 Å². The predicted octanol–water partition coefficient (Wildman–Crippen LogP) is 3.78. The van der Waals surface area contributed by atoms with Crippen LogP contribution in [0.1, 0.15) is 30.0 Å². The first-order chi connectivity index (χ1) is 17.3. The van der Waals surface area contributed by atoms with E-state index in [1.165, 1.54) is 22.8 Å². The minimum Gasteiger partial charge on any atom is -0.504 e. The molecule has 0 aliphatic carbocycles. The van der Waals surface area contributed by atoms with E-state index in [-0.39, 0.29) is 47.9 Å². The molecule has 10 heteroatoms. The molecular formula is C26H19N3O7. The van der Waals surface area contributed by atoms with Gasteiger partial charge in [0.05, 0.1) is 39.3 Å². The number of rotatable bonds is 4. The number of hydrogen-bond acceptors (Lipinski definition) is 8. The van der Waals surface area contributed by atoms with Crippen LogP contribution < -0.4 is 10.3 Å². The molecule has 6 rings (SSSR count). The van der Waals surface area contributed by atoms with E-state index in [9.17, 15) is 24.8 Å². The third kappa shape index (κ3) is 2.94. The summed E-state index contributed by atoms with van der Waals surface area (Å²) in [7, 11) is 0. The summed E-state index contributed by atoms with van der Waals surface area (Å²) in [5, 5.41) is 22.2. The number of carbonyl (C=O) groups excluding carboxylic acids is 1. The molecule has 0 fully saturated rings. The van der Waals surface area contributed by atoms with Crippen LogP contribution in [0.4, 0.5) is 5.69 Å². The Bertz CT molecular complexity index is 1680. The van der Waals surface area contributed by atoms with Crippen LogP contribution >= 0.6 is 0 Å². The number of pyridine rings is 2. The molecule has 4 heterocycles. The van der Waals surface area contributed by atoms with Gasteiger partial charge in [-0.25, -0.2) is 9.78 Å². The Morgan fingerprint density at radius 1 is 1.19 bits per heavy atom. The van der Waals surface area contributed by atoms with E-state index in [1.807, 2.05) is 0 Å². The number of ether oxygens (including phenoxy) is 2. The zero-order valence-corrected chi connectivity index (χ0v) is 19.1. The van der Waals surface area contributed by atoms with E-state index in [2.05, 4.69) is 4.98 Å². The third-order valence-corrected chi connectivity index (χ3v) is 6.84. The van der Waals surface area contributed by atoms with Gasteiger partial charge in [-0.15, -0.1) is 0 Å². The van der Waals surface area contributed by atoms with E-state index in [0.29, 0.717) is 33.4 Å². The van der Waals surface area contributed by atoms with Gasteiger partial charge in [-0.1, -0.05) is 25.1 Å². The van der Waals surface area contributed by atoms with Gasteiger partial charge >= 0.3 is 5.97 Å². The van der Waals surface area contributed by atoms with E-state index in [1.54, 1.807) is 43.3 Å². The highest BCUT2D eigenvalue weighted by Crippen LogP contribution is 2.43. The molecule has 36 heavy (non-hydrogen) atoms. The molecule has 2 aliphatic rings. The van der Waals surface area contributed by atoms with E-state index >= 15 is 0 Å². The minimum absolute atomic E-state index is 0.0644. The summed E-state index contributed by atoms with van der Waals surface area (Å²) >= 11 is 0. The Kier molecular flexibility index (Phi) is 4.62. The summed E-state index contributed by atoms with van der Waals surface area (Å²) in [6, 6.07) is 14.3. The molecule has 1 N–H and O–H groups in total. The quantitative estimate of drug-likeness (QED) is 0.231. The first-order valence-electron chi connectivity index (χ1n) is 11.3. The summed E-state index contributed by atoms with van der Waals surface area (Å²) in [6.45, 7) is 1.70. The van der Waals surface area contributed by atoms with Crippen LogP contribution in [-0.4, -0.2) is 25.6 Å². The molecule has 180 valence electrons. The van der Waals surface area contributed by atoms with Crippen molar-refractivity contribution in [1.29, 1.82) is 0 Å². The van der Waals surface area contributed by atoms with Gasteiger partial charge in [0, 0.05) is 17.2 Å². The van der Waals surface area contributed by atoms with Crippen LogP contribution in [0.2, 0.25) is 0 Å². The first kappa shape index (κ1) is 21.8. The molecule has 2 aromatic carbocycles. The molecule has 0 saturated carbocycles. The van der Waals surface area contributed by atoms with Crippen molar-refractivity contribution in [3.8, 4) is 22.9 Å². The molecule has 0 amide bonds. The second-order valence-corrected chi connectivity index (χ2v) is 8.74. The molecule has 2 aliphatic heterocycles. The number of fused-ring (bicyclic) bond motifs is 5. The number of aromatic nitrogens is 2. The number of phenolic OH excluding ortho intramolecular Hbond substituents is 1. The molecule has 4 aromatic rings. The smallest absolute Gasteiger partial charge is 0.355 e. The Morgan fingerprint density at radius 3 is 2.75 bits per heavy atom. The van der Waals surface area contributed by atoms with Crippen LogP contribution in [0.5, 0.6) is 11.5 Å². The Hall–Kier alpha value is -4.73. The number of para-hydroxylation sites is 2. The van der Waals surface area contributed by atoms with Crippen molar-refractivity contribution >= 4 is 22.6 Å². The molecule has 0 saturated heterocycles. The zero-order valence-electron chi connectivity index (χ0n) is 19.1. The largest absolute Gasteiger partial charge is 0.504 e. The number of carbonyl (C=O) groups is 1. The second kappa shape index (κ2) is 7.64. The summed E-state index contributed by atoms with van der Waals surface area (Å²) < 4.78 is 13.0. The number of aromatic hydroxyl groups is 1. The summed E-state index contributed by atoms with van der Waals surface area (Å²) in [5.41, 5.74) is 0.633. The number of cyclic esters (lactones) is 1. The molecule has 0 bridgehead atoms. The monoisotopic (exact) mass is 485 g/mol. The standard InChI is InChI=1S/C26H19N3O7/c1-2-26(36-22-9-4-3-8-21(22)30)17-11-20-23-14(12-28(20)24(31)16(17)13-35-25(26)32)10-15-18(27-23)6-5-7-19(15)29(33)34/h3-11,30H,2,12-13H2,1H3/t26-/m0/s1. The van der Waals surface area contributed by atoms with E-state index < -0.39 is 16.5 Å². The SMILES string of the molecule is CC[C@@]1(Oc2ccccc2O)C(=O)OCc2c1cc1n(c2=O)Cc2cc3c([N+](=O)[O-])cccc3nc2-1. The highest BCUT2D eigenvalue weighted by molar-refractivity contribution is 5.91. The van der Waals surface area contributed by atoms with Gasteiger partial charge in [0.1, 0.15) is 6.61 Å². The highest BCUT2D eigenvalue weighted by atomic mass is 16.6. The van der Waals surface area contributed by atoms with Gasteiger partial charge < -0.3 is 19.1 Å². The van der Waals surface area contributed by atoms with Gasteiger partial charge in [-0.3, -0.25) is 14.9 Å². The van der Waals surface area contributed by atoms with Crippen molar-refractivity contribution in [2.45, 2.75) is 32.1 Å². The molecule has 10 nitrogen and oxygen atoms in total. The zero-order chi connectivity index (χ0) is 25.2. The normalized spacial score (nSPS) is 17.8. The number of esters is 1. The van der Waals surface area contributed by atoms with Crippen molar-refractivity contribution in [2.75, 3.05) is 0 Å². The van der Waals surface area contributed by atoms with Crippen LogP contribution in [-0.2, 0) is 28.3 Å². The van der Waals surface area contributed by atoms with Gasteiger partial charge in [0.25, 0.3) is 11.2 Å². The fraction of sp³-hybridized carbons (Fsp3) is 0.192. The average Bonchev–Trinajstić information content (AvgIpc) is 3.23. The number of nitro benzene ring substituents is 1. The third-order valence-electron chi connectivity index (χ3n) is 6.84. The van der Waals surface area contributed by atoms with Gasteiger partial charge in [-0.05, 0) is 36.8 Å². The molecular weight excluding hydrogens is 466 g/mol. The number of hydrogen-bond donors (Lipinski definition) is 1. The maximum absolute atomic E-state index is 13.6. The van der Waals surface area contributed by atoms with Crippen LogP contribution in [0.3, 0.4) is 0 Å². The number of phenols is 1. The van der Waals surface area contributed by atoms with Crippen molar-refractivity contribution in [2.24, 2.45) is 0 Å². The number of non-ortho nitro benzene ring substituents is 1. The number of nitro groups is 1. The number of nitrogens with zero attached hydrogens (tertiary/aromatic N) is 3. The lowest BCUT2D eigenvalue weighted by Gasteiger charge is -2.36. The van der Waals surface area contributed by atoms with E-state index in [0.717, 1.165) is 0 Å². The maximum atomic E-state index is 13.6. The van der Waals surface area contributed by atoms with Crippen molar-refractivity contribution in [1.82, 2.24) is 9.55 Å². The van der Waals surface area contributed by atoms with Crippen molar-refractivity contribution in [3.05, 3.63) is 91.8 Å². The van der Waals surface area contributed by atoms with Crippen LogP contribution in [0, 0.1) is 10.1 Å². The van der Waals surface area contributed by atoms with Crippen LogP contribution in [0.25, 0.3) is 22.3 Å².